The Balaban J connectivity index is 2.26. The fourth-order valence-electron chi connectivity index (χ4n) is 2.06. The number of hydrogen-bond donors (Lipinski definition) is 1. The van der Waals surface area contributed by atoms with Crippen molar-refractivity contribution in [2.45, 2.75) is 0 Å². The molecule has 0 fully saturated rings. The van der Waals surface area contributed by atoms with Crippen molar-refractivity contribution in [3.63, 3.8) is 0 Å². The van der Waals surface area contributed by atoms with Gasteiger partial charge < -0.3 is 10.3 Å². The number of hydrogen-bond acceptors (Lipinski definition) is 3. The van der Waals surface area contributed by atoms with E-state index < -0.39 is 0 Å². The van der Waals surface area contributed by atoms with E-state index >= 15 is 0 Å². The maximum atomic E-state index is 6.23. The molecule has 0 bridgehead atoms. The average Bonchev–Trinajstić information content (AvgIpc) is 2.82. The Hall–Kier alpha value is -1.78. The lowest BCUT2D eigenvalue weighted by Gasteiger charge is -2.06. The highest BCUT2D eigenvalue weighted by Gasteiger charge is 2.20. The first-order valence-electron chi connectivity index (χ1n) is 5.93. The van der Waals surface area contributed by atoms with Crippen LogP contribution in [-0.4, -0.2) is 5.16 Å². The van der Waals surface area contributed by atoms with Crippen LogP contribution in [0.1, 0.15) is 0 Å². The van der Waals surface area contributed by atoms with Crippen molar-refractivity contribution in [3.8, 4) is 22.5 Å². The highest BCUT2D eigenvalue weighted by atomic mass is 79.9. The van der Waals surface area contributed by atoms with Gasteiger partial charge in [-0.3, -0.25) is 0 Å². The van der Waals surface area contributed by atoms with Crippen LogP contribution in [-0.2, 0) is 0 Å². The highest BCUT2D eigenvalue weighted by molar-refractivity contribution is 9.10. The molecule has 0 aliphatic rings. The van der Waals surface area contributed by atoms with Gasteiger partial charge in [-0.15, -0.1) is 0 Å². The second-order valence-electron chi connectivity index (χ2n) is 4.23. The van der Waals surface area contributed by atoms with E-state index in [9.17, 15) is 0 Å². The van der Waals surface area contributed by atoms with E-state index in [1.54, 1.807) is 6.07 Å². The zero-order valence-electron chi connectivity index (χ0n) is 10.3. The monoisotopic (exact) mass is 348 g/mol. The van der Waals surface area contributed by atoms with Gasteiger partial charge in [-0.2, -0.15) is 0 Å². The van der Waals surface area contributed by atoms with E-state index in [0.717, 1.165) is 21.2 Å². The number of benzene rings is 2. The average molecular weight is 350 g/mol. The van der Waals surface area contributed by atoms with Gasteiger partial charge >= 0.3 is 0 Å². The van der Waals surface area contributed by atoms with Gasteiger partial charge in [0, 0.05) is 15.6 Å². The minimum absolute atomic E-state index is 0.340. The van der Waals surface area contributed by atoms with Crippen LogP contribution in [0.15, 0.2) is 57.5 Å². The van der Waals surface area contributed by atoms with E-state index in [4.69, 9.17) is 21.9 Å². The summed E-state index contributed by atoms with van der Waals surface area (Å²) in [5.74, 6) is 0.909. The number of rotatable bonds is 2. The molecular formula is C15H10BrClN2O. The molecule has 2 aromatic carbocycles. The zero-order valence-corrected chi connectivity index (χ0v) is 12.6. The van der Waals surface area contributed by atoms with Crippen LogP contribution in [0.25, 0.3) is 22.5 Å². The summed E-state index contributed by atoms with van der Waals surface area (Å²) in [6.45, 7) is 0. The summed E-state index contributed by atoms with van der Waals surface area (Å²) in [5.41, 5.74) is 8.39. The first-order chi connectivity index (χ1) is 9.68. The predicted octanol–water partition coefficient (Wildman–Crippen LogP) is 5.01. The maximum Gasteiger partial charge on any atom is 0.178 e. The number of nitrogens with zero attached hydrogens (tertiary/aromatic N) is 1. The molecule has 0 amide bonds. The molecule has 100 valence electrons. The lowest BCUT2D eigenvalue weighted by molar-refractivity contribution is 0.436. The first kappa shape index (κ1) is 13.2. The van der Waals surface area contributed by atoms with Gasteiger partial charge in [0.05, 0.1) is 10.6 Å². The molecule has 0 saturated carbocycles. The summed E-state index contributed by atoms with van der Waals surface area (Å²) in [5, 5.41) is 4.47. The largest absolute Gasteiger partial charge is 0.380 e. The van der Waals surface area contributed by atoms with Gasteiger partial charge in [0.25, 0.3) is 0 Å². The molecule has 0 spiro atoms. The summed E-state index contributed by atoms with van der Waals surface area (Å²) in [7, 11) is 0. The Morgan fingerprint density at radius 2 is 1.65 bits per heavy atom. The Morgan fingerprint density at radius 1 is 1.00 bits per heavy atom. The van der Waals surface area contributed by atoms with Crippen LogP contribution >= 0.6 is 27.5 Å². The van der Waals surface area contributed by atoms with Crippen LogP contribution < -0.4 is 5.73 Å². The predicted molar refractivity (Wildman–Crippen MR) is 84.5 cm³/mol. The van der Waals surface area contributed by atoms with Crippen molar-refractivity contribution < 1.29 is 4.52 Å². The van der Waals surface area contributed by atoms with E-state index in [0.29, 0.717) is 16.6 Å². The van der Waals surface area contributed by atoms with Crippen molar-refractivity contribution in [1.29, 1.82) is 0 Å². The molecular weight excluding hydrogens is 340 g/mol. The summed E-state index contributed by atoms with van der Waals surface area (Å²) < 4.78 is 6.31. The third-order valence-electron chi connectivity index (χ3n) is 2.98. The quantitative estimate of drug-likeness (QED) is 0.708. The molecule has 20 heavy (non-hydrogen) atoms. The van der Waals surface area contributed by atoms with Crippen molar-refractivity contribution in [2.24, 2.45) is 0 Å². The topological polar surface area (TPSA) is 52.0 Å². The van der Waals surface area contributed by atoms with Gasteiger partial charge in [-0.25, -0.2) is 0 Å². The van der Waals surface area contributed by atoms with Crippen molar-refractivity contribution in [2.75, 3.05) is 5.73 Å². The molecule has 5 heteroatoms. The normalized spacial score (nSPS) is 10.7. The third-order valence-corrected chi connectivity index (χ3v) is 4.00. The fraction of sp³-hybridized carbons (Fsp3) is 0. The van der Waals surface area contributed by atoms with Gasteiger partial charge in [0.1, 0.15) is 0 Å². The summed E-state index contributed by atoms with van der Waals surface area (Å²) >= 11 is 9.75. The molecule has 0 aliphatic heterocycles. The van der Waals surface area contributed by atoms with Crippen LogP contribution in [0.2, 0.25) is 5.02 Å². The van der Waals surface area contributed by atoms with Crippen molar-refractivity contribution in [3.05, 3.63) is 58.0 Å². The SMILES string of the molecule is Nc1noc(-c2ccccc2Cl)c1-c1ccccc1Br. The minimum Gasteiger partial charge on any atom is -0.380 e. The van der Waals surface area contributed by atoms with Crippen LogP contribution in [0, 0.1) is 0 Å². The number of nitrogen functional groups attached to an aromatic ring is 1. The lowest BCUT2D eigenvalue weighted by Crippen LogP contribution is -1.90. The summed E-state index contributed by atoms with van der Waals surface area (Å²) in [6, 6.07) is 15.2. The molecule has 0 radical (unpaired) electrons. The molecule has 0 aliphatic carbocycles. The van der Waals surface area contributed by atoms with E-state index in [1.807, 2.05) is 42.5 Å². The third kappa shape index (κ3) is 2.21. The molecule has 3 nitrogen and oxygen atoms in total. The molecule has 0 unspecified atom stereocenters. The van der Waals surface area contributed by atoms with Gasteiger partial charge in [0.15, 0.2) is 11.6 Å². The Labute approximate surface area is 129 Å². The molecule has 0 atom stereocenters. The fourth-order valence-corrected chi connectivity index (χ4v) is 2.76. The smallest absolute Gasteiger partial charge is 0.178 e. The molecule has 3 rings (SSSR count). The molecule has 0 saturated heterocycles. The minimum atomic E-state index is 0.340. The zero-order chi connectivity index (χ0) is 14.1. The van der Waals surface area contributed by atoms with E-state index in [-0.39, 0.29) is 0 Å². The molecule has 2 N–H and O–H groups in total. The Morgan fingerprint density at radius 3 is 2.35 bits per heavy atom. The highest BCUT2D eigenvalue weighted by Crippen LogP contribution is 2.41. The number of anilines is 1. The second-order valence-corrected chi connectivity index (χ2v) is 5.49. The number of nitrogens with two attached hydrogens (primary N) is 1. The lowest BCUT2D eigenvalue weighted by atomic mass is 10.0. The Kier molecular flexibility index (Phi) is 3.51. The van der Waals surface area contributed by atoms with Crippen LogP contribution in [0.5, 0.6) is 0 Å². The summed E-state index contributed by atoms with van der Waals surface area (Å²) in [6.07, 6.45) is 0. The standard InChI is InChI=1S/C15H10BrClN2O/c16-11-7-3-1-5-9(11)13-14(20-19-15(13)18)10-6-2-4-8-12(10)17/h1-8H,(H2,18,19). The summed E-state index contributed by atoms with van der Waals surface area (Å²) in [4.78, 5) is 0. The van der Waals surface area contributed by atoms with E-state index in [2.05, 4.69) is 21.1 Å². The van der Waals surface area contributed by atoms with Crippen LogP contribution in [0.3, 0.4) is 0 Å². The van der Waals surface area contributed by atoms with Crippen molar-refractivity contribution in [1.82, 2.24) is 5.16 Å². The Bertz CT molecular complexity index is 770. The van der Waals surface area contributed by atoms with Crippen LogP contribution in [0.4, 0.5) is 5.82 Å². The first-order valence-corrected chi connectivity index (χ1v) is 7.10. The number of aromatic nitrogens is 1. The van der Waals surface area contributed by atoms with E-state index in [1.165, 1.54) is 0 Å². The molecule has 3 aromatic rings. The molecule has 1 heterocycles. The maximum absolute atomic E-state index is 6.23. The number of halogens is 2. The second kappa shape index (κ2) is 5.31. The molecule has 1 aromatic heterocycles. The van der Waals surface area contributed by atoms with Crippen molar-refractivity contribution >= 4 is 33.3 Å². The van der Waals surface area contributed by atoms with Gasteiger partial charge in [0.2, 0.25) is 0 Å². The van der Waals surface area contributed by atoms with Gasteiger partial charge in [-0.1, -0.05) is 63.0 Å². The van der Waals surface area contributed by atoms with Gasteiger partial charge in [-0.05, 0) is 18.2 Å².